The zero-order valence-electron chi connectivity index (χ0n) is 27.1. The molecule has 0 bridgehead atoms. The molecule has 0 aliphatic carbocycles. The minimum atomic E-state index is -3.30. The summed E-state index contributed by atoms with van der Waals surface area (Å²) in [5, 5.41) is 7.56. The molecule has 8 aromatic carbocycles. The number of fused-ring (bicyclic) bond motifs is 12. The van der Waals surface area contributed by atoms with Crippen LogP contribution in [0.1, 0.15) is 22.3 Å². The molecule has 0 radical (unpaired) electrons. The van der Waals surface area contributed by atoms with E-state index in [-0.39, 0.29) is 0 Å². The first-order chi connectivity index (χ1) is 24.7. The topological polar surface area (TPSA) is 22.0 Å². The minimum absolute atomic E-state index is 0.720. The standard InChI is InChI=1S/C47H30NOP/c49-50(35-15-2-1-3-16-35)44-24-11-8-20-39(44)47(41-30-34(27-28-45(41)50)33-26-25-31-13-4-5-14-32(31)29-33)38-19-7-10-23-43(38)48-42-22-9-6-17-36(42)37-18-12-21-40(47)46(37)48/h1-30H. The smallest absolute Gasteiger partial charge is 0.171 e. The third-order valence-corrected chi connectivity index (χ3v) is 14.4. The van der Waals surface area contributed by atoms with Gasteiger partial charge >= 0.3 is 0 Å². The molecule has 1 spiro atoms. The van der Waals surface area contributed by atoms with E-state index in [2.05, 4.69) is 156 Å². The predicted octanol–water partition coefficient (Wildman–Crippen LogP) is 10.3. The van der Waals surface area contributed by atoms with E-state index < -0.39 is 12.6 Å². The number of aromatic nitrogens is 1. The highest BCUT2D eigenvalue weighted by Gasteiger charge is 2.54. The number of nitrogens with zero attached hydrogens (tertiary/aromatic N) is 1. The molecular formula is C47H30NOP. The molecule has 2 atom stereocenters. The number of hydrogen-bond acceptors (Lipinski definition) is 1. The molecule has 2 aliphatic heterocycles. The fourth-order valence-electron chi connectivity index (χ4n) is 9.20. The molecule has 50 heavy (non-hydrogen) atoms. The van der Waals surface area contributed by atoms with E-state index in [9.17, 15) is 0 Å². The summed E-state index contributed by atoms with van der Waals surface area (Å²) in [4.78, 5) is 0. The largest absolute Gasteiger partial charge is 0.309 e. The maximum Gasteiger partial charge on any atom is 0.171 e. The van der Waals surface area contributed by atoms with Crippen LogP contribution in [0.15, 0.2) is 182 Å². The molecule has 11 rings (SSSR count). The molecule has 3 heteroatoms. The molecular weight excluding hydrogens is 625 g/mol. The van der Waals surface area contributed by atoms with E-state index in [1.807, 2.05) is 30.3 Å². The lowest BCUT2D eigenvalue weighted by Gasteiger charge is -2.47. The van der Waals surface area contributed by atoms with Gasteiger partial charge in [0.1, 0.15) is 0 Å². The summed E-state index contributed by atoms with van der Waals surface area (Å²) in [5.74, 6) is 0. The summed E-state index contributed by atoms with van der Waals surface area (Å²) in [7, 11) is -3.30. The summed E-state index contributed by atoms with van der Waals surface area (Å²) >= 11 is 0. The quantitative estimate of drug-likeness (QED) is 0.170. The van der Waals surface area contributed by atoms with Crippen molar-refractivity contribution in [1.29, 1.82) is 0 Å². The van der Waals surface area contributed by atoms with Crippen LogP contribution in [0.25, 0.3) is 49.4 Å². The Kier molecular flexibility index (Phi) is 5.61. The van der Waals surface area contributed by atoms with Crippen LogP contribution in [0, 0.1) is 0 Å². The van der Waals surface area contributed by atoms with Crippen LogP contribution in [-0.2, 0) is 9.98 Å². The van der Waals surface area contributed by atoms with Crippen LogP contribution in [0.3, 0.4) is 0 Å². The molecule has 0 fully saturated rings. The molecule has 3 heterocycles. The predicted molar refractivity (Wildman–Crippen MR) is 209 cm³/mol. The van der Waals surface area contributed by atoms with Crippen LogP contribution < -0.4 is 15.9 Å². The van der Waals surface area contributed by atoms with Gasteiger partial charge in [0.2, 0.25) is 0 Å². The lowest BCUT2D eigenvalue weighted by molar-refractivity contribution is 0.590. The lowest BCUT2D eigenvalue weighted by atomic mass is 9.62. The van der Waals surface area contributed by atoms with Gasteiger partial charge in [-0.15, -0.1) is 0 Å². The van der Waals surface area contributed by atoms with Crippen molar-refractivity contribution in [2.24, 2.45) is 0 Å². The Morgan fingerprint density at radius 2 is 1.08 bits per heavy atom. The number of rotatable bonds is 2. The van der Waals surface area contributed by atoms with Crippen molar-refractivity contribution in [3.63, 3.8) is 0 Å². The summed E-state index contributed by atoms with van der Waals surface area (Å²) in [5.41, 5.74) is 9.70. The average Bonchev–Trinajstić information content (AvgIpc) is 3.53. The third kappa shape index (κ3) is 3.41. The van der Waals surface area contributed by atoms with Crippen molar-refractivity contribution >= 4 is 55.6 Å². The van der Waals surface area contributed by atoms with Crippen molar-refractivity contribution in [3.8, 4) is 16.8 Å². The molecule has 0 saturated heterocycles. The monoisotopic (exact) mass is 655 g/mol. The van der Waals surface area contributed by atoms with Crippen LogP contribution in [0.2, 0.25) is 0 Å². The highest BCUT2D eigenvalue weighted by atomic mass is 31.2. The summed E-state index contributed by atoms with van der Waals surface area (Å²) in [6.07, 6.45) is 0. The Bertz CT molecular complexity index is 2920. The fourth-order valence-corrected chi connectivity index (χ4v) is 12.3. The SMILES string of the molecule is O=P1(c2ccccc2)c2ccccc2C2(c3ccccc3-n3c4ccccc4c4cccc2c43)c2cc(-c3ccc4ccccc4c3)ccc21. The Labute approximate surface area is 290 Å². The molecule has 2 unspecified atom stereocenters. The summed E-state index contributed by atoms with van der Waals surface area (Å²) in [6.45, 7) is 0. The Morgan fingerprint density at radius 3 is 1.98 bits per heavy atom. The van der Waals surface area contributed by atoms with Crippen LogP contribution in [0.4, 0.5) is 0 Å². The van der Waals surface area contributed by atoms with Crippen molar-refractivity contribution in [3.05, 3.63) is 204 Å². The summed E-state index contributed by atoms with van der Waals surface area (Å²) in [6, 6.07) is 65.0. The second-order valence-corrected chi connectivity index (χ2v) is 16.3. The van der Waals surface area contributed by atoms with Gasteiger partial charge in [-0.2, -0.15) is 0 Å². The van der Waals surface area contributed by atoms with Crippen molar-refractivity contribution in [1.82, 2.24) is 4.57 Å². The molecule has 2 nitrogen and oxygen atoms in total. The Balaban J connectivity index is 1.35. The minimum Gasteiger partial charge on any atom is -0.309 e. The molecule has 234 valence electrons. The molecule has 0 N–H and O–H groups in total. The van der Waals surface area contributed by atoms with Crippen molar-refractivity contribution in [2.45, 2.75) is 5.41 Å². The van der Waals surface area contributed by atoms with Gasteiger partial charge in [-0.05, 0) is 74.5 Å². The van der Waals surface area contributed by atoms with Gasteiger partial charge in [0, 0.05) is 26.7 Å². The average molecular weight is 656 g/mol. The van der Waals surface area contributed by atoms with Crippen LogP contribution in [0.5, 0.6) is 0 Å². The second kappa shape index (κ2) is 10.0. The van der Waals surface area contributed by atoms with E-state index >= 15 is 4.57 Å². The molecule has 2 aliphatic rings. The van der Waals surface area contributed by atoms with Gasteiger partial charge < -0.3 is 9.13 Å². The summed E-state index contributed by atoms with van der Waals surface area (Å²) < 4.78 is 18.7. The zero-order chi connectivity index (χ0) is 33.0. The molecule has 9 aromatic rings. The number of para-hydroxylation sites is 3. The fraction of sp³-hybridized carbons (Fsp3) is 0.0213. The van der Waals surface area contributed by atoms with E-state index in [0.717, 1.165) is 43.9 Å². The second-order valence-electron chi connectivity index (χ2n) is 13.6. The van der Waals surface area contributed by atoms with Gasteiger partial charge in [-0.1, -0.05) is 152 Å². The molecule has 0 saturated carbocycles. The van der Waals surface area contributed by atoms with E-state index in [4.69, 9.17) is 0 Å². The van der Waals surface area contributed by atoms with Crippen LogP contribution >= 0.6 is 7.14 Å². The van der Waals surface area contributed by atoms with Crippen molar-refractivity contribution in [2.75, 3.05) is 0 Å². The lowest BCUT2D eigenvalue weighted by Crippen LogP contribution is -2.48. The normalized spacial score (nSPS) is 18.6. The highest BCUT2D eigenvalue weighted by Crippen LogP contribution is 2.61. The van der Waals surface area contributed by atoms with Gasteiger partial charge in [0.15, 0.2) is 7.14 Å². The third-order valence-electron chi connectivity index (χ3n) is 11.2. The molecule has 0 amide bonds. The Hall–Kier alpha value is -5.95. The zero-order valence-corrected chi connectivity index (χ0v) is 28.0. The van der Waals surface area contributed by atoms with Crippen LogP contribution in [-0.4, -0.2) is 4.57 Å². The number of hydrogen-bond donors (Lipinski definition) is 0. The maximum atomic E-state index is 16.3. The van der Waals surface area contributed by atoms with E-state index in [1.54, 1.807) is 0 Å². The first kappa shape index (κ1) is 27.9. The molecule has 1 aromatic heterocycles. The van der Waals surface area contributed by atoms with Gasteiger partial charge in [-0.25, -0.2) is 0 Å². The van der Waals surface area contributed by atoms with Gasteiger partial charge in [-0.3, -0.25) is 0 Å². The van der Waals surface area contributed by atoms with E-state index in [0.29, 0.717) is 0 Å². The van der Waals surface area contributed by atoms with Gasteiger partial charge in [0.05, 0.1) is 22.1 Å². The van der Waals surface area contributed by atoms with Crippen molar-refractivity contribution < 1.29 is 4.57 Å². The van der Waals surface area contributed by atoms with Gasteiger partial charge in [0.25, 0.3) is 0 Å². The van der Waals surface area contributed by atoms with E-state index in [1.165, 1.54) is 43.7 Å². The number of benzene rings is 8. The highest BCUT2D eigenvalue weighted by molar-refractivity contribution is 7.85. The first-order valence-corrected chi connectivity index (χ1v) is 18.9. The Morgan fingerprint density at radius 1 is 0.440 bits per heavy atom. The first-order valence-electron chi connectivity index (χ1n) is 17.2. The maximum absolute atomic E-state index is 16.3.